The first-order valence-corrected chi connectivity index (χ1v) is 4.72. The average Bonchev–Trinajstić information content (AvgIpc) is 2.26. The molecule has 1 aromatic carbocycles. The Morgan fingerprint density at radius 2 is 2.21 bits per heavy atom. The highest BCUT2D eigenvalue weighted by Crippen LogP contribution is 2.17. The van der Waals surface area contributed by atoms with Crippen molar-refractivity contribution in [3.63, 3.8) is 0 Å². The van der Waals surface area contributed by atoms with Crippen LogP contribution in [0.2, 0.25) is 0 Å². The Bertz CT molecular complexity index is 420. The molecule has 0 radical (unpaired) electrons. The molecule has 1 heterocycles. The first-order chi connectivity index (χ1) is 6.92. The molecule has 14 heavy (non-hydrogen) atoms. The first-order valence-electron chi connectivity index (χ1n) is 4.72. The van der Waals surface area contributed by atoms with Gasteiger partial charge in [0.1, 0.15) is 0 Å². The number of rotatable bonds is 3. The third-order valence-corrected chi connectivity index (χ3v) is 2.35. The maximum atomic E-state index is 5.08. The molecule has 2 aromatic rings. The fraction of sp³-hybridized carbons (Fsp3) is 0.250. The predicted molar refractivity (Wildman–Crippen MR) is 57.3 cm³/mol. The van der Waals surface area contributed by atoms with Gasteiger partial charge in [-0.25, -0.2) is 0 Å². The molecule has 2 nitrogen and oxygen atoms in total. The van der Waals surface area contributed by atoms with E-state index in [2.05, 4.69) is 29.2 Å². The minimum atomic E-state index is 0.765. The number of hydrogen-bond acceptors (Lipinski definition) is 2. The van der Waals surface area contributed by atoms with Crippen LogP contribution in [0.3, 0.4) is 0 Å². The van der Waals surface area contributed by atoms with Gasteiger partial charge in [0, 0.05) is 24.9 Å². The lowest BCUT2D eigenvalue weighted by molar-refractivity contribution is 0.202. The second kappa shape index (κ2) is 4.20. The zero-order valence-electron chi connectivity index (χ0n) is 8.23. The number of ether oxygens (including phenoxy) is 1. The Hall–Kier alpha value is -1.41. The third-order valence-electron chi connectivity index (χ3n) is 2.35. The number of benzene rings is 1. The molecule has 0 aliphatic carbocycles. The fourth-order valence-corrected chi connectivity index (χ4v) is 1.62. The van der Waals surface area contributed by atoms with Crippen molar-refractivity contribution in [2.24, 2.45) is 0 Å². The summed E-state index contributed by atoms with van der Waals surface area (Å²) in [5, 5.41) is 2.47. The molecule has 72 valence electrons. The Labute approximate surface area is 83.5 Å². The molecule has 1 aromatic heterocycles. The highest BCUT2D eigenvalue weighted by Gasteiger charge is 1.99. The maximum absolute atomic E-state index is 5.08. The summed E-state index contributed by atoms with van der Waals surface area (Å²) in [5.41, 5.74) is 1.33. The van der Waals surface area contributed by atoms with Crippen LogP contribution in [0.1, 0.15) is 5.56 Å². The third kappa shape index (κ3) is 1.75. The fourth-order valence-electron chi connectivity index (χ4n) is 1.62. The molecule has 2 rings (SSSR count). The largest absolute Gasteiger partial charge is 0.384 e. The van der Waals surface area contributed by atoms with Gasteiger partial charge in [-0.15, -0.1) is 0 Å². The van der Waals surface area contributed by atoms with Crippen molar-refractivity contribution in [2.75, 3.05) is 13.7 Å². The number of hydrogen-bond donors (Lipinski definition) is 0. The van der Waals surface area contributed by atoms with Crippen LogP contribution in [0.5, 0.6) is 0 Å². The van der Waals surface area contributed by atoms with Crippen LogP contribution in [0.15, 0.2) is 36.7 Å². The van der Waals surface area contributed by atoms with E-state index in [9.17, 15) is 0 Å². The van der Waals surface area contributed by atoms with Gasteiger partial charge in [0.2, 0.25) is 0 Å². The molecule has 0 aliphatic heterocycles. The zero-order chi connectivity index (χ0) is 9.80. The van der Waals surface area contributed by atoms with Crippen molar-refractivity contribution in [1.29, 1.82) is 0 Å². The second-order valence-corrected chi connectivity index (χ2v) is 3.26. The molecule has 0 fully saturated rings. The van der Waals surface area contributed by atoms with Gasteiger partial charge >= 0.3 is 0 Å². The summed E-state index contributed by atoms with van der Waals surface area (Å²) in [5.74, 6) is 0. The number of fused-ring (bicyclic) bond motifs is 1. The summed E-state index contributed by atoms with van der Waals surface area (Å²) in [6.07, 6.45) is 4.68. The number of aromatic nitrogens is 1. The first kappa shape index (κ1) is 9.16. The Morgan fingerprint density at radius 1 is 1.29 bits per heavy atom. The Morgan fingerprint density at radius 3 is 3.07 bits per heavy atom. The lowest BCUT2D eigenvalue weighted by Gasteiger charge is -2.04. The van der Waals surface area contributed by atoms with E-state index in [1.807, 2.05) is 12.4 Å². The quantitative estimate of drug-likeness (QED) is 0.736. The molecule has 0 atom stereocenters. The van der Waals surface area contributed by atoms with Crippen LogP contribution in [-0.4, -0.2) is 18.7 Å². The molecule has 0 bridgehead atoms. The van der Waals surface area contributed by atoms with Crippen LogP contribution < -0.4 is 0 Å². The summed E-state index contributed by atoms with van der Waals surface area (Å²) in [4.78, 5) is 4.10. The van der Waals surface area contributed by atoms with Crippen molar-refractivity contribution in [3.05, 3.63) is 42.2 Å². The van der Waals surface area contributed by atoms with E-state index in [0.717, 1.165) is 13.0 Å². The van der Waals surface area contributed by atoms with Crippen LogP contribution in [0.25, 0.3) is 10.8 Å². The highest BCUT2D eigenvalue weighted by molar-refractivity contribution is 5.84. The average molecular weight is 187 g/mol. The lowest BCUT2D eigenvalue weighted by Crippen LogP contribution is -1.95. The summed E-state index contributed by atoms with van der Waals surface area (Å²) in [6.45, 7) is 0.765. The maximum Gasteiger partial charge on any atom is 0.0502 e. The van der Waals surface area contributed by atoms with E-state index in [-0.39, 0.29) is 0 Å². The summed E-state index contributed by atoms with van der Waals surface area (Å²) in [6, 6.07) is 8.34. The number of methoxy groups -OCH3 is 1. The molecule has 0 spiro atoms. The van der Waals surface area contributed by atoms with Gasteiger partial charge in [0.15, 0.2) is 0 Å². The standard InChI is InChI=1S/C12H13NO/c1-14-8-6-10-3-2-4-11-9-13-7-5-12(10)11/h2-5,7,9H,6,8H2,1H3. The Kier molecular flexibility index (Phi) is 2.75. The highest BCUT2D eigenvalue weighted by atomic mass is 16.5. The normalized spacial score (nSPS) is 10.6. The van der Waals surface area contributed by atoms with Crippen molar-refractivity contribution in [3.8, 4) is 0 Å². The molecular weight excluding hydrogens is 174 g/mol. The van der Waals surface area contributed by atoms with E-state index in [0.29, 0.717) is 0 Å². The van der Waals surface area contributed by atoms with Gasteiger partial charge in [-0.2, -0.15) is 0 Å². The van der Waals surface area contributed by atoms with E-state index in [1.165, 1.54) is 16.3 Å². The van der Waals surface area contributed by atoms with Gasteiger partial charge in [-0.3, -0.25) is 4.98 Å². The van der Waals surface area contributed by atoms with E-state index in [4.69, 9.17) is 4.74 Å². The minimum absolute atomic E-state index is 0.765. The van der Waals surface area contributed by atoms with Gasteiger partial charge < -0.3 is 4.74 Å². The van der Waals surface area contributed by atoms with E-state index < -0.39 is 0 Å². The zero-order valence-corrected chi connectivity index (χ0v) is 8.23. The SMILES string of the molecule is COCCc1cccc2cnccc12. The van der Waals surface area contributed by atoms with Crippen LogP contribution in [0.4, 0.5) is 0 Å². The van der Waals surface area contributed by atoms with Crippen molar-refractivity contribution in [2.45, 2.75) is 6.42 Å². The molecule has 0 unspecified atom stereocenters. The molecule has 0 amide bonds. The Balaban J connectivity index is 2.43. The van der Waals surface area contributed by atoms with Crippen LogP contribution >= 0.6 is 0 Å². The van der Waals surface area contributed by atoms with Crippen molar-refractivity contribution in [1.82, 2.24) is 4.98 Å². The van der Waals surface area contributed by atoms with Gasteiger partial charge in [-0.1, -0.05) is 18.2 Å². The molecule has 2 heteroatoms. The minimum Gasteiger partial charge on any atom is -0.384 e. The van der Waals surface area contributed by atoms with E-state index in [1.54, 1.807) is 7.11 Å². The van der Waals surface area contributed by atoms with Crippen molar-refractivity contribution >= 4 is 10.8 Å². The molecule has 0 saturated heterocycles. The molecule has 0 saturated carbocycles. The number of pyridine rings is 1. The lowest BCUT2D eigenvalue weighted by atomic mass is 10.0. The summed E-state index contributed by atoms with van der Waals surface area (Å²) < 4.78 is 5.08. The van der Waals surface area contributed by atoms with Gasteiger partial charge in [0.05, 0.1) is 6.61 Å². The van der Waals surface area contributed by atoms with Gasteiger partial charge in [0.25, 0.3) is 0 Å². The van der Waals surface area contributed by atoms with Crippen LogP contribution in [-0.2, 0) is 11.2 Å². The number of nitrogens with zero attached hydrogens (tertiary/aromatic N) is 1. The summed E-state index contributed by atoms with van der Waals surface area (Å²) >= 11 is 0. The van der Waals surface area contributed by atoms with Crippen LogP contribution in [0, 0.1) is 0 Å². The smallest absolute Gasteiger partial charge is 0.0502 e. The molecule has 0 aliphatic rings. The predicted octanol–water partition coefficient (Wildman–Crippen LogP) is 2.42. The molecular formula is C12H13NO. The monoisotopic (exact) mass is 187 g/mol. The van der Waals surface area contributed by atoms with Gasteiger partial charge in [-0.05, 0) is 23.4 Å². The molecule has 0 N–H and O–H groups in total. The van der Waals surface area contributed by atoms with E-state index >= 15 is 0 Å². The summed E-state index contributed by atoms with van der Waals surface area (Å²) in [7, 11) is 1.73. The van der Waals surface area contributed by atoms with Crippen molar-refractivity contribution < 1.29 is 4.74 Å². The second-order valence-electron chi connectivity index (χ2n) is 3.26. The topological polar surface area (TPSA) is 22.1 Å².